The maximum Gasteiger partial charge on any atom is 0.244 e. The molecule has 2 aromatic rings. The third kappa shape index (κ3) is 7.56. The molecule has 0 spiro atoms. The normalized spacial score (nSPS) is 11.5. The molecule has 0 radical (unpaired) electrons. The predicted octanol–water partition coefficient (Wildman–Crippen LogP) is 4.39. The second kappa shape index (κ2) is 11.4. The van der Waals surface area contributed by atoms with Crippen LogP contribution in [0.15, 0.2) is 48.5 Å². The fourth-order valence-electron chi connectivity index (χ4n) is 2.88. The molecule has 5 nitrogen and oxygen atoms in total. The van der Waals surface area contributed by atoms with Gasteiger partial charge in [0.15, 0.2) is 0 Å². The van der Waals surface area contributed by atoms with E-state index in [-0.39, 0.29) is 11.3 Å². The van der Waals surface area contributed by atoms with Crippen molar-refractivity contribution in [3.05, 3.63) is 65.2 Å². The number of nitrogens with one attached hydrogen (secondary N) is 1. The minimum Gasteiger partial charge on any atom is -0.496 e. The molecule has 0 aliphatic heterocycles. The molecule has 1 N–H and O–H groups in total. The first kappa shape index (κ1) is 23.5. The van der Waals surface area contributed by atoms with Crippen molar-refractivity contribution in [2.24, 2.45) is 0 Å². The lowest BCUT2D eigenvalue weighted by molar-refractivity contribution is -0.116. The van der Waals surface area contributed by atoms with Crippen LogP contribution in [0.25, 0.3) is 6.08 Å². The summed E-state index contributed by atoms with van der Waals surface area (Å²) >= 11 is 0. The Morgan fingerprint density at radius 3 is 2.40 bits per heavy atom. The Kier molecular flexibility index (Phi) is 8.93. The Bertz CT molecular complexity index is 835. The quantitative estimate of drug-likeness (QED) is 0.465. The minimum atomic E-state index is -0.127. The van der Waals surface area contributed by atoms with Crippen LogP contribution in [0.5, 0.6) is 11.5 Å². The number of rotatable bonds is 10. The van der Waals surface area contributed by atoms with Gasteiger partial charge in [-0.2, -0.15) is 0 Å². The first-order valence-electron chi connectivity index (χ1n) is 10.2. The topological polar surface area (TPSA) is 56.8 Å². The van der Waals surface area contributed by atoms with Crippen molar-refractivity contribution >= 4 is 12.0 Å². The first-order valence-corrected chi connectivity index (χ1v) is 10.2. The monoisotopic (exact) mass is 411 g/mol. The van der Waals surface area contributed by atoms with Gasteiger partial charge in [0.1, 0.15) is 18.1 Å². The Morgan fingerprint density at radius 2 is 1.77 bits per heavy atom. The average Bonchev–Trinajstić information content (AvgIpc) is 2.72. The summed E-state index contributed by atoms with van der Waals surface area (Å²) in [5.74, 6) is 1.44. The summed E-state index contributed by atoms with van der Waals surface area (Å²) in [5.41, 5.74) is 3.25. The highest BCUT2D eigenvalue weighted by Gasteiger charge is 2.15. The molecule has 0 saturated carbocycles. The van der Waals surface area contributed by atoms with E-state index in [1.54, 1.807) is 26.4 Å². The molecule has 1 amide bonds. The van der Waals surface area contributed by atoms with E-state index < -0.39 is 0 Å². The van der Waals surface area contributed by atoms with Crippen LogP contribution in [-0.2, 0) is 21.4 Å². The van der Waals surface area contributed by atoms with Gasteiger partial charge >= 0.3 is 0 Å². The number of carbonyl (C=O) groups is 1. The van der Waals surface area contributed by atoms with Gasteiger partial charge in [0, 0.05) is 25.3 Å². The number of carbonyl (C=O) groups excluding carboxylic acids is 1. The molecule has 2 rings (SSSR count). The highest BCUT2D eigenvalue weighted by molar-refractivity contribution is 5.92. The summed E-state index contributed by atoms with van der Waals surface area (Å²) < 4.78 is 15.9. The second-order valence-corrected chi connectivity index (χ2v) is 8.07. The molecule has 30 heavy (non-hydrogen) atoms. The van der Waals surface area contributed by atoms with Gasteiger partial charge in [0.05, 0.1) is 13.7 Å². The molecule has 0 aliphatic rings. The molecular weight excluding hydrogens is 378 g/mol. The SMILES string of the molecule is COCCOc1ccc(CCNC(=O)C=Cc2cc(C(C)(C)C)ccc2OC)cc1. The van der Waals surface area contributed by atoms with Gasteiger partial charge in [-0.25, -0.2) is 0 Å². The molecule has 0 fully saturated rings. The Balaban J connectivity index is 1.87. The fourth-order valence-corrected chi connectivity index (χ4v) is 2.88. The molecule has 5 heteroatoms. The van der Waals surface area contributed by atoms with E-state index in [4.69, 9.17) is 14.2 Å². The van der Waals surface area contributed by atoms with E-state index in [0.717, 1.165) is 29.0 Å². The van der Waals surface area contributed by atoms with Crippen molar-refractivity contribution in [2.75, 3.05) is 34.0 Å². The molecule has 0 aromatic heterocycles. The maximum absolute atomic E-state index is 12.2. The van der Waals surface area contributed by atoms with E-state index >= 15 is 0 Å². The van der Waals surface area contributed by atoms with E-state index in [0.29, 0.717) is 19.8 Å². The fraction of sp³-hybridized carbons (Fsp3) is 0.400. The van der Waals surface area contributed by atoms with Gasteiger partial charge in [-0.05, 0) is 53.3 Å². The third-order valence-electron chi connectivity index (χ3n) is 4.70. The van der Waals surface area contributed by atoms with Crippen LogP contribution in [0, 0.1) is 0 Å². The van der Waals surface area contributed by atoms with Crippen LogP contribution >= 0.6 is 0 Å². The van der Waals surface area contributed by atoms with Crippen molar-refractivity contribution in [3.63, 3.8) is 0 Å². The zero-order chi connectivity index (χ0) is 22.0. The van der Waals surface area contributed by atoms with Crippen molar-refractivity contribution in [1.29, 1.82) is 0 Å². The number of hydrogen-bond donors (Lipinski definition) is 1. The molecule has 0 bridgehead atoms. The van der Waals surface area contributed by atoms with Gasteiger partial charge in [0.25, 0.3) is 0 Å². The van der Waals surface area contributed by atoms with Crippen LogP contribution < -0.4 is 14.8 Å². The predicted molar refractivity (Wildman–Crippen MR) is 121 cm³/mol. The molecule has 0 atom stereocenters. The van der Waals surface area contributed by atoms with E-state index in [1.165, 1.54) is 5.56 Å². The number of ether oxygens (including phenoxy) is 3. The minimum absolute atomic E-state index is 0.0293. The molecule has 0 heterocycles. The Hall–Kier alpha value is -2.79. The highest BCUT2D eigenvalue weighted by atomic mass is 16.5. The van der Waals surface area contributed by atoms with Crippen LogP contribution in [-0.4, -0.2) is 39.9 Å². The maximum atomic E-state index is 12.2. The van der Waals surface area contributed by atoms with Gasteiger partial charge < -0.3 is 19.5 Å². The summed E-state index contributed by atoms with van der Waals surface area (Å²) in [6, 6.07) is 14.0. The zero-order valence-corrected chi connectivity index (χ0v) is 18.7. The highest BCUT2D eigenvalue weighted by Crippen LogP contribution is 2.28. The lowest BCUT2D eigenvalue weighted by Crippen LogP contribution is -2.23. The average molecular weight is 412 g/mol. The molecule has 0 saturated heterocycles. The lowest BCUT2D eigenvalue weighted by Gasteiger charge is -2.20. The largest absolute Gasteiger partial charge is 0.496 e. The van der Waals surface area contributed by atoms with E-state index in [2.05, 4.69) is 38.2 Å². The lowest BCUT2D eigenvalue weighted by atomic mass is 9.86. The molecule has 0 aliphatic carbocycles. The summed E-state index contributed by atoms with van der Waals surface area (Å²) in [5, 5.41) is 2.93. The standard InChI is InChI=1S/C25H33NO4/c1-25(2,3)21-9-12-23(29-5)20(18-21)8-13-24(27)26-15-14-19-6-10-22(11-7-19)30-17-16-28-4/h6-13,18H,14-17H2,1-5H3,(H,26,27). The Morgan fingerprint density at radius 1 is 1.03 bits per heavy atom. The van der Waals surface area contributed by atoms with Gasteiger partial charge in [-0.1, -0.05) is 39.0 Å². The van der Waals surface area contributed by atoms with E-state index in [1.807, 2.05) is 30.3 Å². The first-order chi connectivity index (χ1) is 14.3. The summed E-state index contributed by atoms with van der Waals surface area (Å²) in [7, 11) is 3.28. The van der Waals surface area contributed by atoms with Crippen molar-refractivity contribution in [2.45, 2.75) is 32.6 Å². The van der Waals surface area contributed by atoms with Crippen LogP contribution in [0.3, 0.4) is 0 Å². The van der Waals surface area contributed by atoms with Crippen LogP contribution in [0.2, 0.25) is 0 Å². The van der Waals surface area contributed by atoms with Crippen LogP contribution in [0.1, 0.15) is 37.5 Å². The van der Waals surface area contributed by atoms with Crippen molar-refractivity contribution in [3.8, 4) is 11.5 Å². The number of amides is 1. The molecule has 0 unspecified atom stereocenters. The molecular formula is C25H33NO4. The second-order valence-electron chi connectivity index (χ2n) is 8.07. The third-order valence-corrected chi connectivity index (χ3v) is 4.70. The van der Waals surface area contributed by atoms with Crippen LogP contribution in [0.4, 0.5) is 0 Å². The van der Waals surface area contributed by atoms with Gasteiger partial charge in [-0.15, -0.1) is 0 Å². The van der Waals surface area contributed by atoms with Gasteiger partial charge in [-0.3, -0.25) is 4.79 Å². The molecule has 2 aromatic carbocycles. The smallest absolute Gasteiger partial charge is 0.244 e. The number of methoxy groups -OCH3 is 2. The number of hydrogen-bond acceptors (Lipinski definition) is 4. The van der Waals surface area contributed by atoms with Crippen molar-refractivity contribution in [1.82, 2.24) is 5.32 Å². The summed E-state index contributed by atoms with van der Waals surface area (Å²) in [6.07, 6.45) is 4.10. The van der Waals surface area contributed by atoms with Gasteiger partial charge in [0.2, 0.25) is 5.91 Å². The summed E-state index contributed by atoms with van der Waals surface area (Å²) in [6.45, 7) is 8.13. The molecule has 162 valence electrons. The Labute approximate surface area is 180 Å². The number of benzene rings is 2. The van der Waals surface area contributed by atoms with Crippen molar-refractivity contribution < 1.29 is 19.0 Å². The zero-order valence-electron chi connectivity index (χ0n) is 18.7. The van der Waals surface area contributed by atoms with E-state index in [9.17, 15) is 4.79 Å². The summed E-state index contributed by atoms with van der Waals surface area (Å²) in [4.78, 5) is 12.2.